The van der Waals surface area contributed by atoms with Crippen molar-refractivity contribution >= 4 is 28.3 Å². The van der Waals surface area contributed by atoms with Crippen LogP contribution < -0.4 is 5.32 Å². The van der Waals surface area contributed by atoms with Gasteiger partial charge in [-0.2, -0.15) is 0 Å². The van der Waals surface area contributed by atoms with E-state index in [9.17, 15) is 14.7 Å². The van der Waals surface area contributed by atoms with Crippen LogP contribution in [0.5, 0.6) is 0 Å². The Kier molecular flexibility index (Phi) is 3.57. The van der Waals surface area contributed by atoms with Gasteiger partial charge in [-0.15, -0.1) is 11.3 Å². The van der Waals surface area contributed by atoms with Crippen LogP contribution in [-0.4, -0.2) is 22.0 Å². The number of carbonyl (C=O) groups is 2. The highest BCUT2D eigenvalue weighted by Gasteiger charge is 2.57. The summed E-state index contributed by atoms with van der Waals surface area (Å²) >= 11 is 1.34. The topological polar surface area (TPSA) is 79.3 Å². The van der Waals surface area contributed by atoms with Gasteiger partial charge in [0, 0.05) is 11.6 Å². The molecule has 2 aliphatic rings. The molecule has 0 saturated heterocycles. The van der Waals surface area contributed by atoms with Gasteiger partial charge in [0.25, 0.3) is 0 Å². The summed E-state index contributed by atoms with van der Waals surface area (Å²) in [5.41, 5.74) is 2.36. The summed E-state index contributed by atoms with van der Waals surface area (Å²) in [5.74, 6) is -2.06. The predicted molar refractivity (Wildman–Crippen MR) is 79.9 cm³/mol. The second kappa shape index (κ2) is 5.26. The number of hydrogen-bond acceptors (Lipinski definition) is 4. The van der Waals surface area contributed by atoms with Gasteiger partial charge in [0.15, 0.2) is 5.13 Å². The molecule has 0 aromatic carbocycles. The molecule has 0 spiro atoms. The Hall–Kier alpha value is -1.69. The molecule has 5 nitrogen and oxygen atoms in total. The van der Waals surface area contributed by atoms with Gasteiger partial charge in [-0.3, -0.25) is 9.59 Å². The summed E-state index contributed by atoms with van der Waals surface area (Å²) < 4.78 is 0. The molecule has 3 rings (SSSR count). The zero-order valence-corrected chi connectivity index (χ0v) is 12.8. The van der Waals surface area contributed by atoms with Crippen LogP contribution in [0.4, 0.5) is 5.13 Å². The molecule has 2 aliphatic carbocycles. The fraction of sp³-hybridized carbons (Fsp3) is 0.533. The molecule has 1 heterocycles. The van der Waals surface area contributed by atoms with E-state index in [-0.39, 0.29) is 17.7 Å². The van der Waals surface area contributed by atoms with Gasteiger partial charge in [0.1, 0.15) is 0 Å². The van der Waals surface area contributed by atoms with Crippen molar-refractivity contribution in [3.05, 3.63) is 22.7 Å². The number of hydrogen-bond donors (Lipinski definition) is 2. The zero-order valence-electron chi connectivity index (χ0n) is 12.0. The number of rotatable bonds is 3. The highest BCUT2D eigenvalue weighted by atomic mass is 32.1. The van der Waals surface area contributed by atoms with Crippen LogP contribution >= 0.6 is 11.3 Å². The van der Waals surface area contributed by atoms with E-state index >= 15 is 0 Å². The summed E-state index contributed by atoms with van der Waals surface area (Å²) in [4.78, 5) is 28.3. The van der Waals surface area contributed by atoms with Crippen LogP contribution in [0, 0.1) is 23.7 Å². The zero-order chi connectivity index (χ0) is 15.1. The summed E-state index contributed by atoms with van der Waals surface area (Å²) in [6, 6.07) is 0. The quantitative estimate of drug-likeness (QED) is 0.842. The van der Waals surface area contributed by atoms with E-state index < -0.39 is 17.8 Å². The van der Waals surface area contributed by atoms with Crippen LogP contribution in [0.25, 0.3) is 0 Å². The Morgan fingerprint density at radius 1 is 1.29 bits per heavy atom. The Labute approximate surface area is 127 Å². The van der Waals surface area contributed by atoms with Gasteiger partial charge >= 0.3 is 5.97 Å². The lowest BCUT2D eigenvalue weighted by molar-refractivity contribution is -0.148. The summed E-state index contributed by atoms with van der Waals surface area (Å²) in [7, 11) is 0. The minimum atomic E-state index is -0.861. The highest BCUT2D eigenvalue weighted by molar-refractivity contribution is 7.13. The first-order valence-corrected chi connectivity index (χ1v) is 7.99. The van der Waals surface area contributed by atoms with Crippen LogP contribution in [0.1, 0.15) is 26.7 Å². The number of thiazole rings is 1. The first kappa shape index (κ1) is 14.3. The molecule has 2 bridgehead atoms. The number of aliphatic carboxylic acids is 1. The first-order valence-electron chi connectivity index (χ1n) is 7.11. The van der Waals surface area contributed by atoms with Crippen molar-refractivity contribution in [2.75, 3.05) is 5.32 Å². The number of nitrogens with zero attached hydrogens (tertiary/aromatic N) is 1. The minimum Gasteiger partial charge on any atom is -0.481 e. The monoisotopic (exact) mass is 306 g/mol. The molecule has 2 N–H and O–H groups in total. The maximum Gasteiger partial charge on any atom is 0.307 e. The molecule has 1 amide bonds. The summed E-state index contributed by atoms with van der Waals surface area (Å²) in [5, 5.41) is 14.7. The van der Waals surface area contributed by atoms with E-state index in [0.29, 0.717) is 5.13 Å². The van der Waals surface area contributed by atoms with E-state index in [1.54, 1.807) is 11.6 Å². The smallest absolute Gasteiger partial charge is 0.307 e. The number of aromatic nitrogens is 1. The SMILES string of the molecule is CC(C)=C1[C@H]2CC[C@H]1[C@@H](C(=O)Nc1nccs1)[C@H]2C(=O)O. The molecule has 4 atom stereocenters. The molecule has 0 radical (unpaired) electrons. The number of fused-ring (bicyclic) bond motifs is 2. The minimum absolute atomic E-state index is 0.0181. The van der Waals surface area contributed by atoms with E-state index in [2.05, 4.69) is 10.3 Å². The second-order valence-corrected chi connectivity index (χ2v) is 6.86. The number of anilines is 1. The van der Waals surface area contributed by atoms with Crippen molar-refractivity contribution in [1.82, 2.24) is 4.98 Å². The maximum atomic E-state index is 12.6. The maximum absolute atomic E-state index is 12.6. The van der Waals surface area contributed by atoms with Crippen LogP contribution in [0.15, 0.2) is 22.7 Å². The molecular weight excluding hydrogens is 288 g/mol. The fourth-order valence-electron chi connectivity index (χ4n) is 4.08. The third-order valence-corrected chi connectivity index (χ3v) is 5.36. The fourth-order valence-corrected chi connectivity index (χ4v) is 4.61. The summed E-state index contributed by atoms with van der Waals surface area (Å²) in [6.07, 6.45) is 3.41. The Balaban J connectivity index is 1.91. The Morgan fingerprint density at radius 2 is 1.95 bits per heavy atom. The Bertz CT molecular complexity index is 604. The van der Waals surface area contributed by atoms with Gasteiger partial charge < -0.3 is 10.4 Å². The van der Waals surface area contributed by atoms with Crippen molar-refractivity contribution in [3.63, 3.8) is 0 Å². The van der Waals surface area contributed by atoms with Gasteiger partial charge in [-0.1, -0.05) is 11.1 Å². The number of allylic oxidation sites excluding steroid dienone is 2. The number of carboxylic acid groups (broad SMARTS) is 1. The summed E-state index contributed by atoms with van der Waals surface area (Å²) in [6.45, 7) is 4.03. The molecule has 0 aliphatic heterocycles. The number of nitrogens with one attached hydrogen (secondary N) is 1. The van der Waals surface area contributed by atoms with Crippen molar-refractivity contribution in [2.24, 2.45) is 23.7 Å². The van der Waals surface area contributed by atoms with Crippen molar-refractivity contribution in [2.45, 2.75) is 26.7 Å². The second-order valence-electron chi connectivity index (χ2n) is 5.96. The van der Waals surface area contributed by atoms with Crippen molar-refractivity contribution in [1.29, 1.82) is 0 Å². The van der Waals surface area contributed by atoms with Gasteiger partial charge in [0.2, 0.25) is 5.91 Å². The first-order chi connectivity index (χ1) is 10.0. The van der Waals surface area contributed by atoms with Crippen molar-refractivity contribution in [3.8, 4) is 0 Å². The third-order valence-electron chi connectivity index (χ3n) is 4.67. The molecule has 2 saturated carbocycles. The van der Waals surface area contributed by atoms with Crippen LogP contribution in [0.3, 0.4) is 0 Å². The lowest BCUT2D eigenvalue weighted by atomic mass is 9.79. The molecule has 112 valence electrons. The highest BCUT2D eigenvalue weighted by Crippen LogP contribution is 2.57. The molecular formula is C15H18N2O3S. The normalized spacial score (nSPS) is 30.5. The standard InChI is InChI=1S/C15H18N2O3S/c1-7(2)10-8-3-4-9(10)12(14(19)20)11(8)13(18)17-15-16-5-6-21-15/h5-6,8-9,11-12H,3-4H2,1-2H3,(H,19,20)(H,16,17,18)/t8-,9-,11-,12+/m1/s1. The molecule has 0 unspecified atom stereocenters. The molecule has 2 fully saturated rings. The predicted octanol–water partition coefficient (Wildman–Crippen LogP) is 2.77. The van der Waals surface area contributed by atoms with E-state index in [1.165, 1.54) is 22.5 Å². The molecule has 1 aromatic rings. The average molecular weight is 306 g/mol. The van der Waals surface area contributed by atoms with Gasteiger partial charge in [-0.25, -0.2) is 4.98 Å². The van der Waals surface area contributed by atoms with E-state index in [1.807, 2.05) is 13.8 Å². The lowest BCUT2D eigenvalue weighted by Crippen LogP contribution is -2.37. The van der Waals surface area contributed by atoms with E-state index in [4.69, 9.17) is 0 Å². The van der Waals surface area contributed by atoms with Crippen molar-refractivity contribution < 1.29 is 14.7 Å². The van der Waals surface area contributed by atoms with Crippen LogP contribution in [-0.2, 0) is 9.59 Å². The lowest BCUT2D eigenvalue weighted by Gasteiger charge is -2.25. The number of carbonyl (C=O) groups excluding carboxylic acids is 1. The van der Waals surface area contributed by atoms with Crippen LogP contribution in [0.2, 0.25) is 0 Å². The Morgan fingerprint density at radius 3 is 2.48 bits per heavy atom. The number of carboxylic acids is 1. The molecule has 1 aromatic heterocycles. The number of amides is 1. The molecule has 6 heteroatoms. The van der Waals surface area contributed by atoms with Gasteiger partial charge in [-0.05, 0) is 38.5 Å². The largest absolute Gasteiger partial charge is 0.481 e. The van der Waals surface area contributed by atoms with E-state index in [0.717, 1.165) is 12.8 Å². The third kappa shape index (κ3) is 2.27. The molecule has 21 heavy (non-hydrogen) atoms. The average Bonchev–Trinajstić information content (AvgIpc) is 3.11. The van der Waals surface area contributed by atoms with Gasteiger partial charge in [0.05, 0.1) is 11.8 Å².